The van der Waals surface area contributed by atoms with Crippen molar-refractivity contribution in [3.8, 4) is 0 Å². The zero-order valence-electron chi connectivity index (χ0n) is 16.2. The van der Waals surface area contributed by atoms with Gasteiger partial charge < -0.3 is 20.1 Å². The highest BCUT2D eigenvalue weighted by Crippen LogP contribution is 2.38. The number of methoxy groups -OCH3 is 1. The van der Waals surface area contributed by atoms with E-state index in [0.29, 0.717) is 17.1 Å². The Morgan fingerprint density at radius 2 is 1.96 bits per heavy atom. The summed E-state index contributed by atoms with van der Waals surface area (Å²) in [7, 11) is 1.36. The van der Waals surface area contributed by atoms with Gasteiger partial charge in [0, 0.05) is 17.1 Å². The lowest BCUT2D eigenvalue weighted by molar-refractivity contribution is -0.115. The zero-order valence-corrected chi connectivity index (χ0v) is 17.1. The highest BCUT2D eigenvalue weighted by molar-refractivity contribution is 7.17. The first-order valence-corrected chi connectivity index (χ1v) is 10.3. The first-order valence-electron chi connectivity index (χ1n) is 9.50. The maximum absolute atomic E-state index is 12.8. The Bertz CT molecular complexity index is 832. The Labute approximate surface area is 169 Å². The highest BCUT2D eigenvalue weighted by Gasteiger charge is 2.27. The number of anilines is 2. The third kappa shape index (κ3) is 4.72. The molecule has 0 radical (unpaired) electrons. The standard InChI is InChI=1S/C21H26N2O4S/c1-14(24)12-23(15-8-4-3-5-9-15)13-18(25)22-20-19(21(26)27-2)16-10-6-7-11-17(16)28-20/h3-5,8-9,14,24H,6-7,10-13H2,1-2H3,(H,22,25). The number of thiophene rings is 1. The predicted molar refractivity (Wildman–Crippen MR) is 111 cm³/mol. The van der Waals surface area contributed by atoms with Gasteiger partial charge in [-0.2, -0.15) is 0 Å². The molecule has 1 aliphatic carbocycles. The van der Waals surface area contributed by atoms with Crippen LogP contribution in [0.3, 0.4) is 0 Å². The molecule has 0 fully saturated rings. The molecular formula is C21H26N2O4S. The minimum atomic E-state index is -0.576. The van der Waals surface area contributed by atoms with Crippen LogP contribution in [0.25, 0.3) is 0 Å². The summed E-state index contributed by atoms with van der Waals surface area (Å²) >= 11 is 1.47. The minimum Gasteiger partial charge on any atom is -0.465 e. The van der Waals surface area contributed by atoms with Gasteiger partial charge in [0.15, 0.2) is 0 Å². The number of nitrogens with one attached hydrogen (secondary N) is 1. The summed E-state index contributed by atoms with van der Waals surface area (Å²) in [5.41, 5.74) is 2.37. The van der Waals surface area contributed by atoms with Crippen molar-refractivity contribution >= 4 is 33.9 Å². The number of carbonyl (C=O) groups excluding carboxylic acids is 2. The summed E-state index contributed by atoms with van der Waals surface area (Å²) in [5, 5.41) is 13.3. The molecule has 0 saturated heterocycles. The number of aliphatic hydroxyl groups is 1. The van der Waals surface area contributed by atoms with E-state index in [9.17, 15) is 14.7 Å². The summed E-state index contributed by atoms with van der Waals surface area (Å²) in [5.74, 6) is -0.633. The molecule has 7 heteroatoms. The molecule has 0 aliphatic heterocycles. The quantitative estimate of drug-likeness (QED) is 0.695. The van der Waals surface area contributed by atoms with E-state index in [-0.39, 0.29) is 12.5 Å². The maximum atomic E-state index is 12.8. The van der Waals surface area contributed by atoms with Crippen molar-refractivity contribution in [2.45, 2.75) is 38.7 Å². The van der Waals surface area contributed by atoms with Crippen molar-refractivity contribution in [3.63, 3.8) is 0 Å². The van der Waals surface area contributed by atoms with E-state index in [0.717, 1.165) is 41.8 Å². The number of fused-ring (bicyclic) bond motifs is 1. The first kappa shape index (κ1) is 20.4. The summed E-state index contributed by atoms with van der Waals surface area (Å²) in [6.07, 6.45) is 3.32. The number of ether oxygens (including phenoxy) is 1. The third-order valence-electron chi connectivity index (χ3n) is 4.75. The van der Waals surface area contributed by atoms with Crippen LogP contribution in [0.15, 0.2) is 30.3 Å². The molecule has 1 aromatic heterocycles. The second-order valence-electron chi connectivity index (χ2n) is 7.02. The van der Waals surface area contributed by atoms with Gasteiger partial charge in [-0.15, -0.1) is 11.3 Å². The van der Waals surface area contributed by atoms with Crippen molar-refractivity contribution < 1.29 is 19.4 Å². The smallest absolute Gasteiger partial charge is 0.341 e. The second kappa shape index (κ2) is 9.21. The van der Waals surface area contributed by atoms with Crippen LogP contribution in [0.5, 0.6) is 0 Å². The summed E-state index contributed by atoms with van der Waals surface area (Å²) in [6, 6.07) is 9.50. The van der Waals surface area contributed by atoms with Crippen molar-refractivity contribution in [2.24, 2.45) is 0 Å². The van der Waals surface area contributed by atoms with Crippen LogP contribution in [0.1, 0.15) is 40.6 Å². The highest BCUT2D eigenvalue weighted by atomic mass is 32.1. The summed E-state index contributed by atoms with van der Waals surface area (Å²) in [6.45, 7) is 2.11. The lowest BCUT2D eigenvalue weighted by Gasteiger charge is -2.25. The number of esters is 1. The van der Waals surface area contributed by atoms with Crippen LogP contribution in [-0.4, -0.2) is 43.3 Å². The molecule has 0 bridgehead atoms. The van der Waals surface area contributed by atoms with Crippen molar-refractivity contribution in [1.82, 2.24) is 0 Å². The van der Waals surface area contributed by atoms with E-state index in [4.69, 9.17) is 4.74 Å². The molecule has 1 amide bonds. The Morgan fingerprint density at radius 1 is 1.25 bits per heavy atom. The number of carbonyl (C=O) groups is 2. The fourth-order valence-corrected chi connectivity index (χ4v) is 4.82. The number of hydrogen-bond donors (Lipinski definition) is 2. The lowest BCUT2D eigenvalue weighted by Crippen LogP contribution is -2.37. The Kier molecular flexibility index (Phi) is 6.70. The zero-order chi connectivity index (χ0) is 20.1. The van der Waals surface area contributed by atoms with Crippen molar-refractivity contribution in [1.29, 1.82) is 0 Å². The van der Waals surface area contributed by atoms with Crippen LogP contribution in [0.4, 0.5) is 10.7 Å². The van der Waals surface area contributed by atoms with Gasteiger partial charge in [0.25, 0.3) is 0 Å². The van der Waals surface area contributed by atoms with Gasteiger partial charge in [-0.25, -0.2) is 4.79 Å². The van der Waals surface area contributed by atoms with Crippen molar-refractivity contribution in [3.05, 3.63) is 46.3 Å². The molecule has 2 N–H and O–H groups in total. The Hall–Kier alpha value is -2.38. The Balaban J connectivity index is 1.80. The topological polar surface area (TPSA) is 78.9 Å². The second-order valence-corrected chi connectivity index (χ2v) is 8.13. The number of rotatable bonds is 7. The van der Waals surface area contributed by atoms with Gasteiger partial charge in [-0.05, 0) is 50.3 Å². The number of benzene rings is 1. The molecule has 150 valence electrons. The van der Waals surface area contributed by atoms with E-state index in [2.05, 4.69) is 5.32 Å². The van der Waals surface area contributed by atoms with Gasteiger partial charge in [-0.1, -0.05) is 18.2 Å². The monoisotopic (exact) mass is 402 g/mol. The maximum Gasteiger partial charge on any atom is 0.341 e. The lowest BCUT2D eigenvalue weighted by atomic mass is 9.95. The molecule has 0 saturated carbocycles. The Morgan fingerprint density at radius 3 is 2.64 bits per heavy atom. The van der Waals surface area contributed by atoms with Crippen LogP contribution >= 0.6 is 11.3 Å². The molecule has 0 spiro atoms. The van der Waals surface area contributed by atoms with Crippen LogP contribution in [0.2, 0.25) is 0 Å². The molecule has 1 unspecified atom stereocenters. The first-order chi connectivity index (χ1) is 13.5. The normalized spacial score (nSPS) is 14.1. The molecule has 3 rings (SSSR count). The molecule has 6 nitrogen and oxygen atoms in total. The van der Waals surface area contributed by atoms with E-state index in [1.807, 2.05) is 35.2 Å². The number of hydrogen-bond acceptors (Lipinski definition) is 6. The van der Waals surface area contributed by atoms with Gasteiger partial charge in [0.1, 0.15) is 5.00 Å². The van der Waals surface area contributed by atoms with Gasteiger partial charge in [-0.3, -0.25) is 4.79 Å². The molecule has 1 aromatic carbocycles. The van der Waals surface area contributed by atoms with E-state index in [1.54, 1.807) is 6.92 Å². The molecule has 1 aliphatic rings. The number of nitrogens with zero attached hydrogens (tertiary/aromatic N) is 1. The average Bonchev–Trinajstić information content (AvgIpc) is 3.04. The van der Waals surface area contributed by atoms with Crippen molar-refractivity contribution in [2.75, 3.05) is 30.4 Å². The van der Waals surface area contributed by atoms with Crippen LogP contribution < -0.4 is 10.2 Å². The van der Waals surface area contributed by atoms with E-state index < -0.39 is 12.1 Å². The molecule has 2 aromatic rings. The summed E-state index contributed by atoms with van der Waals surface area (Å²) < 4.78 is 4.96. The van der Waals surface area contributed by atoms with E-state index in [1.165, 1.54) is 18.4 Å². The van der Waals surface area contributed by atoms with Gasteiger partial charge in [0.2, 0.25) is 5.91 Å². The number of aliphatic hydroxyl groups excluding tert-OH is 1. The molecule has 1 heterocycles. The summed E-state index contributed by atoms with van der Waals surface area (Å²) in [4.78, 5) is 28.1. The van der Waals surface area contributed by atoms with Gasteiger partial charge in [0.05, 0.1) is 25.3 Å². The van der Waals surface area contributed by atoms with Gasteiger partial charge >= 0.3 is 5.97 Å². The number of aryl methyl sites for hydroxylation is 1. The third-order valence-corrected chi connectivity index (χ3v) is 5.96. The largest absolute Gasteiger partial charge is 0.465 e. The fourth-order valence-electron chi connectivity index (χ4n) is 3.53. The predicted octanol–water partition coefficient (Wildman–Crippen LogP) is 3.24. The van der Waals surface area contributed by atoms with Crippen LogP contribution in [0, 0.1) is 0 Å². The average molecular weight is 403 g/mol. The minimum absolute atomic E-state index is 0.0814. The van der Waals surface area contributed by atoms with E-state index >= 15 is 0 Å². The number of amides is 1. The molecular weight excluding hydrogens is 376 g/mol. The molecule has 1 atom stereocenters. The van der Waals surface area contributed by atoms with Crippen LogP contribution in [-0.2, 0) is 22.4 Å². The SMILES string of the molecule is COC(=O)c1c(NC(=O)CN(CC(C)O)c2ccccc2)sc2c1CCCC2. The molecule has 28 heavy (non-hydrogen) atoms. The number of para-hydroxylation sites is 1. The fraction of sp³-hybridized carbons (Fsp3) is 0.429.